The first-order valence-corrected chi connectivity index (χ1v) is 53.2. The third-order valence-corrected chi connectivity index (χ3v) is 35.3. The van der Waals surface area contributed by atoms with Crippen molar-refractivity contribution in [2.75, 3.05) is 90.9 Å². The van der Waals surface area contributed by atoms with E-state index in [0.29, 0.717) is 135 Å². The monoisotopic (exact) mass is 1980 g/mol. The molecule has 0 spiro atoms. The van der Waals surface area contributed by atoms with Crippen molar-refractivity contribution in [1.82, 2.24) is 27.0 Å². The molecule has 0 saturated carbocycles. The molecule has 5 aliphatic rings. The summed E-state index contributed by atoms with van der Waals surface area (Å²) >= 11 is 1.27. The molecule has 728 valence electrons. The minimum atomic E-state index is -3.79. The lowest BCUT2D eigenvalue weighted by atomic mass is 9.78. The molecule has 10 aromatic rings. The molecule has 9 aromatic carbocycles. The summed E-state index contributed by atoms with van der Waals surface area (Å²) in [6.07, 6.45) is 5.71. The number of ether oxygens (including phenoxy) is 1. The fourth-order valence-electron chi connectivity index (χ4n) is 17.3. The molecule has 0 radical (unpaired) electrons. The molecule has 0 aliphatic carbocycles. The number of aliphatic hydroxyl groups is 4. The maximum atomic E-state index is 13.5. The van der Waals surface area contributed by atoms with Gasteiger partial charge >= 0.3 is 0 Å². The smallest absolute Gasteiger partial charge is 0.274 e. The van der Waals surface area contributed by atoms with E-state index >= 15 is 0 Å². The number of thiophene rings is 1. The van der Waals surface area contributed by atoms with Gasteiger partial charge in [-0.2, -0.15) is 17.2 Å². The summed E-state index contributed by atoms with van der Waals surface area (Å²) in [7, 11) is -16.1. The van der Waals surface area contributed by atoms with Crippen molar-refractivity contribution in [3.8, 4) is 27.3 Å². The zero-order valence-corrected chi connectivity index (χ0v) is 82.8. The van der Waals surface area contributed by atoms with E-state index in [1.54, 1.807) is 149 Å². The van der Waals surface area contributed by atoms with Gasteiger partial charge in [0.15, 0.2) is 23.1 Å². The Balaban J connectivity index is 0.000000165. The number of sulfonamides is 5. The van der Waals surface area contributed by atoms with Gasteiger partial charge in [0.05, 0.1) is 33.3 Å². The number of amides is 1. The lowest BCUT2D eigenvalue weighted by Gasteiger charge is -2.39. The van der Waals surface area contributed by atoms with Crippen LogP contribution in [0, 0.1) is 11.6 Å². The summed E-state index contributed by atoms with van der Waals surface area (Å²) in [6, 6.07) is 51.6. The van der Waals surface area contributed by atoms with Gasteiger partial charge < -0.3 is 25.2 Å². The number of rotatable bonds is 24. The van der Waals surface area contributed by atoms with E-state index in [2.05, 4.69) is 20.8 Å². The maximum absolute atomic E-state index is 13.5. The zero-order valence-electron chi connectivity index (χ0n) is 77.9. The average Bonchev–Trinajstić information content (AvgIpc) is 0.869. The van der Waals surface area contributed by atoms with Crippen molar-refractivity contribution >= 4 is 90.5 Å². The number of aliphatic hydroxyl groups excluding tert-OH is 4. The molecule has 0 atom stereocenters. The van der Waals surface area contributed by atoms with Crippen LogP contribution in [0.25, 0.3) is 21.6 Å². The zero-order chi connectivity index (χ0) is 99.2. The second-order valence-corrected chi connectivity index (χ2v) is 47.2. The topological polar surface area (TPSA) is 395 Å². The highest BCUT2D eigenvalue weighted by Crippen LogP contribution is 2.41. The highest BCUT2D eigenvalue weighted by Gasteiger charge is 2.41. The predicted molar refractivity (Wildman–Crippen MR) is 518 cm³/mol. The molecule has 6 N–H and O–H groups in total. The minimum Gasteiger partial charge on any atom is -0.496 e. The van der Waals surface area contributed by atoms with Crippen molar-refractivity contribution < 1.29 is 105 Å². The molecule has 1 aromatic heterocycles. The van der Waals surface area contributed by atoms with E-state index in [0.717, 1.165) is 74.0 Å². The summed E-state index contributed by atoms with van der Waals surface area (Å²) in [5, 5.41) is 46.7. The Bertz CT molecular complexity index is 6650. The third kappa shape index (κ3) is 25.7. The summed E-state index contributed by atoms with van der Waals surface area (Å²) in [5.41, 5.74) is 15.3. The Morgan fingerprint density at radius 2 is 0.868 bits per heavy atom. The summed E-state index contributed by atoms with van der Waals surface area (Å²) in [4.78, 5) is 60.1. The fraction of sp³-hybridized carbons (Fsp3) is 0.376. The van der Waals surface area contributed by atoms with Gasteiger partial charge in [-0.05, 0) is 227 Å². The van der Waals surface area contributed by atoms with Gasteiger partial charge in [0, 0.05) is 120 Å². The van der Waals surface area contributed by atoms with Crippen LogP contribution >= 0.6 is 11.3 Å². The van der Waals surface area contributed by atoms with Crippen LogP contribution in [0.3, 0.4) is 0 Å². The van der Waals surface area contributed by atoms with Gasteiger partial charge in [-0.15, -0.1) is 11.3 Å². The first-order valence-electron chi connectivity index (χ1n) is 44.7. The summed E-state index contributed by atoms with van der Waals surface area (Å²) < 4.78 is 169. The van der Waals surface area contributed by atoms with Crippen molar-refractivity contribution in [2.45, 2.75) is 171 Å². The molecule has 0 bridgehead atoms. The molecule has 0 fully saturated rings. The number of hydrogen-bond donors (Lipinski definition) is 6. The number of nitrogens with zero attached hydrogens (tertiary/aromatic N) is 5. The number of hydrogen-bond acceptors (Lipinski definition) is 22. The van der Waals surface area contributed by atoms with Crippen LogP contribution in [-0.2, 0) is 118 Å². The largest absolute Gasteiger partial charge is 0.496 e. The van der Waals surface area contributed by atoms with Gasteiger partial charge in [-0.1, -0.05) is 159 Å². The Morgan fingerprint density at radius 1 is 0.419 bits per heavy atom. The van der Waals surface area contributed by atoms with Crippen LogP contribution in [-0.4, -0.2) is 209 Å². The molecule has 35 heteroatoms. The number of methoxy groups -OCH3 is 1. The van der Waals surface area contributed by atoms with Crippen LogP contribution < -0.4 is 10.2 Å². The lowest BCUT2D eigenvalue weighted by Crippen LogP contribution is -2.45. The molecule has 27 nitrogen and oxygen atoms in total. The van der Waals surface area contributed by atoms with Crippen molar-refractivity contribution in [2.24, 2.45) is 0 Å². The molecule has 0 saturated heterocycles. The second kappa shape index (κ2) is 45.2. The van der Waals surface area contributed by atoms with Gasteiger partial charge in [0.25, 0.3) is 5.91 Å². The van der Waals surface area contributed by atoms with E-state index < -0.39 is 87.9 Å². The number of fused-ring (bicyclic) bond motifs is 5. The predicted octanol–water partition coefficient (Wildman–Crippen LogP) is 14.0. The van der Waals surface area contributed by atoms with Crippen LogP contribution in [0.5, 0.6) is 5.75 Å². The van der Waals surface area contributed by atoms with Crippen molar-refractivity contribution in [3.05, 3.63) is 294 Å². The number of hydroxylamine groups is 1. The van der Waals surface area contributed by atoms with Gasteiger partial charge in [0.1, 0.15) is 43.8 Å². The third-order valence-electron chi connectivity index (χ3n) is 24.6. The molecule has 0 unspecified atom stereocenters. The van der Waals surface area contributed by atoms with Gasteiger partial charge in [-0.25, -0.2) is 60.7 Å². The van der Waals surface area contributed by atoms with Crippen molar-refractivity contribution in [1.29, 1.82) is 0 Å². The highest BCUT2D eigenvalue weighted by atomic mass is 32.2. The molecule has 6 heterocycles. The number of halogens is 2. The van der Waals surface area contributed by atoms with Crippen molar-refractivity contribution in [3.63, 3.8) is 0 Å². The molecular weight excluding hydrogens is 1860 g/mol. The van der Waals surface area contributed by atoms with E-state index in [1.807, 2.05) is 65.8 Å². The first kappa shape index (κ1) is 106. The Hall–Kier alpha value is -10.2. The standard InChI is InChI=1S/C25H24FNO4S.C23H22FNO4S2.C21H26N2O5S.2C16H23NO4S/c1-25(2)16-27(14-20-7-6-19(13-23(20)25)24(29)15-28)32(30,31)22-5-3-4-18(12-22)17-8-10-21(26)11-9-17;24-20-5-1-3-19(12-20)23-13-21(15-30-23)31(28,29)25-9-2-4-16-6-7-18(22(27)14-26)11-17(16)8-10-25;1-21(2,3)16-5-7-17(8-6-16)29(26,27)23-10-9-14-11-15(20(24)22-25)12-19(28-4)18(14)13-23;1-4-7-22(20,21)17-9-13-6-5-12(15(19)10-18)8-14(13)16(2,3)11-17;1-2-10-22(20,21)17-8-3-4-13-5-6-15(16(19)12-18)11-14(13)7-9-17/h3-13,28H,14-16H2,1-2H3;1,3,5-7,11-13,15,26H,2,4,8-10,14H2;5-8,11-12,25H,9-10,13H2,1-4H3,(H,22,24);5-6,8,18H,4,7,9-11H2,1-3H3;5-6,11,18H,2-4,7-10,12H2,1H3. The number of carbonyl (C=O) groups is 5. The van der Waals surface area contributed by atoms with E-state index in [1.165, 1.54) is 71.6 Å². The first-order chi connectivity index (χ1) is 64.2. The normalized spacial score (nSPS) is 16.0. The van der Waals surface area contributed by atoms with Gasteiger partial charge in [-0.3, -0.25) is 29.2 Å². The quantitative estimate of drug-likeness (QED) is 0.0186. The SMILES string of the molecule is CC1(C)CN(S(=O)(=O)c2cccc(-c3ccc(F)cc3)c2)Cc2ccc(C(=O)CO)cc21.CCCS(=O)(=O)N1CCCc2ccc(C(=O)CO)cc2CC1.CCCS(=O)(=O)N1Cc2ccc(C(=O)CO)cc2C(C)(C)C1.COc1cc(C(=O)NO)cc2c1CN(S(=O)(=O)c1ccc(C(C)(C)C)cc1)CC2.O=C(CO)c1ccc2c(c1)CCN(S(=O)(=O)c1csc(-c3cccc(F)c3)c1)CCC2. The van der Waals surface area contributed by atoms with E-state index in [4.69, 9.17) is 30.4 Å². The number of carbonyl (C=O) groups excluding carboxylic acids is 5. The van der Waals surface area contributed by atoms with E-state index in [9.17, 15) is 74.8 Å². The second-order valence-electron chi connectivity index (χ2n) is 36.3. The Kier molecular flexibility index (Phi) is 35.3. The number of nitrogens with one attached hydrogen (secondary N) is 1. The fourth-order valence-corrected chi connectivity index (χ4v) is 26.2. The molecular formula is C101H118F2N6O21S6. The van der Waals surface area contributed by atoms with Crippen LogP contribution in [0.4, 0.5) is 8.78 Å². The number of ketones is 4. The van der Waals surface area contributed by atoms with Crippen LogP contribution in [0.15, 0.2) is 208 Å². The number of aryl methyl sites for hydroxylation is 2. The highest BCUT2D eigenvalue weighted by molar-refractivity contribution is 7.90. The number of Topliss-reactive ketones (excluding diaryl/α,β-unsaturated/α-hetero) is 4. The van der Waals surface area contributed by atoms with Crippen LogP contribution in [0.1, 0.15) is 201 Å². The Labute approximate surface area is 800 Å². The summed E-state index contributed by atoms with van der Waals surface area (Å²) in [5.74, 6) is -1.94. The maximum Gasteiger partial charge on any atom is 0.274 e. The average molecular weight is 1980 g/mol. The molecule has 1 amide bonds. The van der Waals surface area contributed by atoms with Crippen LogP contribution in [0.2, 0.25) is 0 Å². The number of benzene rings is 9. The Morgan fingerprint density at radius 3 is 1.38 bits per heavy atom. The molecule has 136 heavy (non-hydrogen) atoms. The lowest BCUT2D eigenvalue weighted by molar-refractivity contribution is 0.0705. The summed E-state index contributed by atoms with van der Waals surface area (Å²) in [6.45, 7) is 19.0. The molecule has 5 aliphatic heterocycles. The minimum absolute atomic E-state index is 0.0573. The van der Waals surface area contributed by atoms with Gasteiger partial charge in [0.2, 0.25) is 50.1 Å². The molecule has 15 rings (SSSR count). The van der Waals surface area contributed by atoms with E-state index in [-0.39, 0.29) is 97.0 Å².